The normalized spacial score (nSPS) is 10.2. The highest BCUT2D eigenvalue weighted by molar-refractivity contribution is 7.80. The lowest BCUT2D eigenvalue weighted by atomic mass is 10.2. The second-order valence-corrected chi connectivity index (χ2v) is 4.68. The summed E-state index contributed by atoms with van der Waals surface area (Å²) in [6, 6.07) is 15.8. The number of nitrogens with zero attached hydrogens (tertiary/aromatic N) is 1. The van der Waals surface area contributed by atoms with Gasteiger partial charge in [0.15, 0.2) is 5.11 Å². The summed E-state index contributed by atoms with van der Waals surface area (Å²) in [5, 5.41) is 7.15. The number of esters is 1. The number of hydrogen-bond donors (Lipinski definition) is 2. The summed E-state index contributed by atoms with van der Waals surface area (Å²) in [6.07, 6.45) is 1.62. The maximum Gasteiger partial charge on any atom is 0.343 e. The molecule has 2 aromatic carbocycles. The van der Waals surface area contributed by atoms with Crippen LogP contribution >= 0.6 is 12.2 Å². The quantitative estimate of drug-likeness (QED) is 0.298. The molecule has 6 heteroatoms. The Morgan fingerprint density at radius 3 is 2.45 bits per heavy atom. The fraction of sp³-hybridized carbons (Fsp3) is 0.0625. The van der Waals surface area contributed by atoms with E-state index in [1.807, 2.05) is 6.07 Å². The molecule has 0 saturated carbocycles. The molecule has 0 spiro atoms. The monoisotopic (exact) mass is 313 g/mol. The highest BCUT2D eigenvalue weighted by Crippen LogP contribution is 2.13. The average Bonchev–Trinajstić information content (AvgIpc) is 2.57. The van der Waals surface area contributed by atoms with Gasteiger partial charge in [-0.25, -0.2) is 4.79 Å². The minimum atomic E-state index is -0.386. The number of rotatable bonds is 4. The molecule has 2 aromatic rings. The van der Waals surface area contributed by atoms with Crippen molar-refractivity contribution < 1.29 is 9.53 Å². The van der Waals surface area contributed by atoms with Gasteiger partial charge in [0.05, 0.1) is 11.8 Å². The van der Waals surface area contributed by atoms with E-state index < -0.39 is 0 Å². The van der Waals surface area contributed by atoms with Gasteiger partial charge in [0.1, 0.15) is 5.75 Å². The SMILES string of the molecule is CNC(=S)N/N=C/c1ccc(OC(=O)c2ccccc2)cc1. The van der Waals surface area contributed by atoms with E-state index in [1.165, 1.54) is 0 Å². The molecule has 112 valence electrons. The summed E-state index contributed by atoms with van der Waals surface area (Å²) in [6.45, 7) is 0. The van der Waals surface area contributed by atoms with Crippen LogP contribution in [0.15, 0.2) is 59.7 Å². The van der Waals surface area contributed by atoms with Gasteiger partial charge in [-0.15, -0.1) is 0 Å². The third-order valence-electron chi connectivity index (χ3n) is 2.71. The van der Waals surface area contributed by atoms with E-state index in [9.17, 15) is 4.79 Å². The lowest BCUT2D eigenvalue weighted by Crippen LogP contribution is -2.28. The molecule has 0 heterocycles. The number of hydrogen-bond acceptors (Lipinski definition) is 4. The maximum atomic E-state index is 11.9. The lowest BCUT2D eigenvalue weighted by Gasteiger charge is -2.04. The first-order chi connectivity index (χ1) is 10.7. The van der Waals surface area contributed by atoms with Crippen molar-refractivity contribution in [2.75, 3.05) is 7.05 Å². The Hall–Kier alpha value is -2.73. The van der Waals surface area contributed by atoms with E-state index in [0.29, 0.717) is 16.4 Å². The van der Waals surface area contributed by atoms with Gasteiger partial charge in [0, 0.05) is 7.05 Å². The Kier molecular flexibility index (Phi) is 5.62. The van der Waals surface area contributed by atoms with Gasteiger partial charge in [0.2, 0.25) is 0 Å². The molecule has 22 heavy (non-hydrogen) atoms. The van der Waals surface area contributed by atoms with Crippen molar-refractivity contribution in [1.29, 1.82) is 0 Å². The van der Waals surface area contributed by atoms with E-state index in [2.05, 4.69) is 15.8 Å². The van der Waals surface area contributed by atoms with Gasteiger partial charge in [-0.3, -0.25) is 5.43 Å². The van der Waals surface area contributed by atoms with E-state index in [4.69, 9.17) is 17.0 Å². The zero-order valence-corrected chi connectivity index (χ0v) is 12.8. The predicted octanol–water partition coefficient (Wildman–Crippen LogP) is 2.33. The minimum absolute atomic E-state index is 0.386. The summed E-state index contributed by atoms with van der Waals surface area (Å²) >= 11 is 4.89. The van der Waals surface area contributed by atoms with Crippen LogP contribution in [-0.4, -0.2) is 24.3 Å². The molecule has 0 unspecified atom stereocenters. The molecule has 0 amide bonds. The Balaban J connectivity index is 1.94. The zero-order chi connectivity index (χ0) is 15.8. The first-order valence-electron chi connectivity index (χ1n) is 6.57. The van der Waals surface area contributed by atoms with Crippen LogP contribution in [0.5, 0.6) is 5.75 Å². The van der Waals surface area contributed by atoms with Crippen molar-refractivity contribution in [1.82, 2.24) is 10.7 Å². The number of carbonyl (C=O) groups is 1. The van der Waals surface area contributed by atoms with Crippen molar-refractivity contribution in [2.24, 2.45) is 5.10 Å². The van der Waals surface area contributed by atoms with Gasteiger partial charge < -0.3 is 10.1 Å². The van der Waals surface area contributed by atoms with Crippen molar-refractivity contribution in [3.63, 3.8) is 0 Å². The summed E-state index contributed by atoms with van der Waals surface area (Å²) in [5.41, 5.74) is 4.02. The summed E-state index contributed by atoms with van der Waals surface area (Å²) in [5.74, 6) is 0.0905. The van der Waals surface area contributed by atoms with Crippen molar-refractivity contribution in [2.45, 2.75) is 0 Å². The first kappa shape index (κ1) is 15.7. The smallest absolute Gasteiger partial charge is 0.343 e. The Morgan fingerprint density at radius 1 is 1.14 bits per heavy atom. The molecular weight excluding hydrogens is 298 g/mol. The van der Waals surface area contributed by atoms with E-state index in [-0.39, 0.29) is 5.97 Å². The van der Waals surface area contributed by atoms with E-state index in [1.54, 1.807) is 61.8 Å². The highest BCUT2D eigenvalue weighted by Gasteiger charge is 2.07. The molecule has 0 aliphatic rings. The number of ether oxygens (including phenoxy) is 1. The van der Waals surface area contributed by atoms with Gasteiger partial charge >= 0.3 is 5.97 Å². The molecule has 0 atom stereocenters. The third-order valence-corrected chi connectivity index (χ3v) is 3.00. The number of carbonyl (C=O) groups excluding carboxylic acids is 1. The lowest BCUT2D eigenvalue weighted by molar-refractivity contribution is 0.0735. The van der Waals surface area contributed by atoms with Crippen LogP contribution in [0.1, 0.15) is 15.9 Å². The van der Waals surface area contributed by atoms with Crippen LogP contribution in [-0.2, 0) is 0 Å². The van der Waals surface area contributed by atoms with Crippen molar-refractivity contribution in [3.05, 3.63) is 65.7 Å². The van der Waals surface area contributed by atoms with Crippen LogP contribution in [0.2, 0.25) is 0 Å². The maximum absolute atomic E-state index is 11.9. The number of thiocarbonyl (C=S) groups is 1. The number of hydrazone groups is 1. The molecule has 0 aliphatic carbocycles. The number of nitrogens with one attached hydrogen (secondary N) is 2. The molecule has 2 rings (SSSR count). The largest absolute Gasteiger partial charge is 0.423 e. The van der Waals surface area contributed by atoms with Crippen LogP contribution in [0.4, 0.5) is 0 Å². The topological polar surface area (TPSA) is 62.7 Å². The van der Waals surface area contributed by atoms with E-state index >= 15 is 0 Å². The second kappa shape index (κ2) is 7.90. The molecule has 5 nitrogen and oxygen atoms in total. The first-order valence-corrected chi connectivity index (χ1v) is 6.98. The summed E-state index contributed by atoms with van der Waals surface area (Å²) in [7, 11) is 1.71. The fourth-order valence-corrected chi connectivity index (χ4v) is 1.64. The third kappa shape index (κ3) is 4.68. The van der Waals surface area contributed by atoms with Crippen LogP contribution in [0.3, 0.4) is 0 Å². The molecule has 2 N–H and O–H groups in total. The molecule has 0 fully saturated rings. The molecule has 0 bridgehead atoms. The number of benzene rings is 2. The molecule has 0 aromatic heterocycles. The molecular formula is C16H15N3O2S. The zero-order valence-electron chi connectivity index (χ0n) is 11.9. The summed E-state index contributed by atoms with van der Waals surface area (Å²) in [4.78, 5) is 11.9. The minimum Gasteiger partial charge on any atom is -0.423 e. The van der Waals surface area contributed by atoms with Gasteiger partial charge in [-0.1, -0.05) is 18.2 Å². The van der Waals surface area contributed by atoms with Gasteiger partial charge in [-0.05, 0) is 54.2 Å². The molecule has 0 saturated heterocycles. The summed E-state index contributed by atoms with van der Waals surface area (Å²) < 4.78 is 5.29. The van der Waals surface area contributed by atoms with E-state index in [0.717, 1.165) is 5.56 Å². The van der Waals surface area contributed by atoms with Crippen LogP contribution in [0.25, 0.3) is 0 Å². The fourth-order valence-electron chi connectivity index (χ4n) is 1.58. The predicted molar refractivity (Wildman–Crippen MR) is 90.2 cm³/mol. The second-order valence-electron chi connectivity index (χ2n) is 4.27. The average molecular weight is 313 g/mol. The van der Waals surface area contributed by atoms with Crippen molar-refractivity contribution >= 4 is 29.5 Å². The Morgan fingerprint density at radius 2 is 1.82 bits per heavy atom. The van der Waals surface area contributed by atoms with Crippen LogP contribution in [0, 0.1) is 0 Å². The molecule has 0 aliphatic heterocycles. The van der Waals surface area contributed by atoms with Gasteiger partial charge in [0.25, 0.3) is 0 Å². The Bertz CT molecular complexity index is 670. The standard InChI is InChI=1S/C16H15N3O2S/c1-17-16(22)19-18-11-12-7-9-14(10-8-12)21-15(20)13-5-3-2-4-6-13/h2-11H,1H3,(H2,17,19,22)/b18-11+. The van der Waals surface area contributed by atoms with Gasteiger partial charge in [-0.2, -0.15) is 5.10 Å². The van der Waals surface area contributed by atoms with Crippen LogP contribution < -0.4 is 15.5 Å². The Labute approximate surface area is 134 Å². The van der Waals surface area contributed by atoms with Crippen molar-refractivity contribution in [3.8, 4) is 5.75 Å². The highest BCUT2D eigenvalue weighted by atomic mass is 32.1. The molecule has 0 radical (unpaired) electrons.